The van der Waals surface area contributed by atoms with Gasteiger partial charge < -0.3 is 5.73 Å². The third kappa shape index (κ3) is 1.17. The number of hydrogen-bond donors (Lipinski definition) is 1. The molecule has 1 unspecified atom stereocenters. The van der Waals surface area contributed by atoms with Gasteiger partial charge >= 0.3 is 0 Å². The molecule has 1 aliphatic carbocycles. The third-order valence-electron chi connectivity index (χ3n) is 3.16. The van der Waals surface area contributed by atoms with Crippen LogP contribution in [-0.2, 0) is 5.54 Å². The topological polar surface area (TPSA) is 26.0 Å². The maximum Gasteiger partial charge on any atom is 0.123 e. The van der Waals surface area contributed by atoms with E-state index in [0.717, 1.165) is 12.0 Å². The molecule has 1 aromatic carbocycles. The highest BCUT2D eigenvalue weighted by Crippen LogP contribution is 2.60. The molecule has 0 spiro atoms. The molecule has 1 atom stereocenters. The molecule has 2 heteroatoms. The van der Waals surface area contributed by atoms with Crippen LogP contribution in [0.1, 0.15) is 25.8 Å². The first-order valence-electron chi connectivity index (χ1n) is 4.51. The zero-order chi connectivity index (χ0) is 9.69. The van der Waals surface area contributed by atoms with Crippen molar-refractivity contribution >= 4 is 0 Å². The summed E-state index contributed by atoms with van der Waals surface area (Å²) in [6, 6.07) is 6.50. The summed E-state index contributed by atoms with van der Waals surface area (Å²) in [6.45, 7) is 4.27. The molecule has 13 heavy (non-hydrogen) atoms. The summed E-state index contributed by atoms with van der Waals surface area (Å²) in [5.74, 6) is -0.203. The van der Waals surface area contributed by atoms with Gasteiger partial charge in [0.1, 0.15) is 5.82 Å². The van der Waals surface area contributed by atoms with Crippen LogP contribution in [0, 0.1) is 11.2 Å². The van der Waals surface area contributed by atoms with Crippen molar-refractivity contribution in [2.75, 3.05) is 0 Å². The zero-order valence-electron chi connectivity index (χ0n) is 7.97. The van der Waals surface area contributed by atoms with E-state index in [0.29, 0.717) is 0 Å². The minimum absolute atomic E-state index is 0.158. The Kier molecular flexibility index (Phi) is 1.55. The molecule has 0 radical (unpaired) electrons. The van der Waals surface area contributed by atoms with E-state index in [1.54, 1.807) is 12.1 Å². The highest BCUT2D eigenvalue weighted by atomic mass is 19.1. The van der Waals surface area contributed by atoms with Crippen molar-refractivity contribution in [2.45, 2.75) is 25.8 Å². The lowest BCUT2D eigenvalue weighted by Crippen LogP contribution is -2.25. The summed E-state index contributed by atoms with van der Waals surface area (Å²) in [5.41, 5.74) is 7.14. The fourth-order valence-electron chi connectivity index (χ4n) is 1.89. The Labute approximate surface area is 77.8 Å². The molecule has 1 aromatic rings. The highest BCUT2D eigenvalue weighted by Gasteiger charge is 2.59. The van der Waals surface area contributed by atoms with Gasteiger partial charge in [0, 0.05) is 5.54 Å². The molecule has 2 N–H and O–H groups in total. The van der Waals surface area contributed by atoms with Gasteiger partial charge in [0.25, 0.3) is 0 Å². The van der Waals surface area contributed by atoms with Crippen LogP contribution in [0.3, 0.4) is 0 Å². The van der Waals surface area contributed by atoms with Gasteiger partial charge in [-0.2, -0.15) is 0 Å². The van der Waals surface area contributed by atoms with Crippen LogP contribution >= 0.6 is 0 Å². The lowest BCUT2D eigenvalue weighted by atomic mass is 9.97. The van der Waals surface area contributed by atoms with Gasteiger partial charge in [-0.15, -0.1) is 0 Å². The van der Waals surface area contributed by atoms with Gasteiger partial charge in [-0.1, -0.05) is 26.0 Å². The quantitative estimate of drug-likeness (QED) is 0.704. The third-order valence-corrected chi connectivity index (χ3v) is 3.16. The Morgan fingerprint density at radius 2 is 1.69 bits per heavy atom. The summed E-state index contributed by atoms with van der Waals surface area (Å²) < 4.78 is 12.6. The van der Waals surface area contributed by atoms with Gasteiger partial charge in [0.15, 0.2) is 0 Å². The van der Waals surface area contributed by atoms with Crippen LogP contribution in [-0.4, -0.2) is 0 Å². The largest absolute Gasteiger partial charge is 0.321 e. The lowest BCUT2D eigenvalue weighted by Gasteiger charge is -2.14. The number of halogens is 1. The Bertz CT molecular complexity index is 328. The minimum atomic E-state index is -0.235. The standard InChI is InChI=1S/C11H14FN/c1-10(2)7-11(10,13)8-3-5-9(12)6-4-8/h3-6H,7,13H2,1-2H3. The van der Waals surface area contributed by atoms with Crippen LogP contribution in [0.5, 0.6) is 0 Å². The molecule has 0 saturated heterocycles. The van der Waals surface area contributed by atoms with Crippen LogP contribution in [0.15, 0.2) is 24.3 Å². The van der Waals surface area contributed by atoms with Gasteiger partial charge in [-0.3, -0.25) is 0 Å². The highest BCUT2D eigenvalue weighted by molar-refractivity contribution is 5.34. The van der Waals surface area contributed by atoms with E-state index in [-0.39, 0.29) is 16.8 Å². The van der Waals surface area contributed by atoms with Crippen molar-refractivity contribution in [1.82, 2.24) is 0 Å². The number of hydrogen-bond acceptors (Lipinski definition) is 1. The van der Waals surface area contributed by atoms with Crippen molar-refractivity contribution < 1.29 is 4.39 Å². The first kappa shape index (κ1) is 8.70. The molecule has 0 aromatic heterocycles. The number of rotatable bonds is 1. The van der Waals surface area contributed by atoms with Gasteiger partial charge in [0.05, 0.1) is 0 Å². The molecular formula is C11H14FN. The maximum absolute atomic E-state index is 12.6. The van der Waals surface area contributed by atoms with E-state index in [1.807, 2.05) is 0 Å². The van der Waals surface area contributed by atoms with Gasteiger partial charge in [-0.05, 0) is 29.5 Å². The normalized spacial score (nSPS) is 30.2. The number of benzene rings is 1. The fraction of sp³-hybridized carbons (Fsp3) is 0.455. The monoisotopic (exact) mass is 179 g/mol. The molecule has 1 fully saturated rings. The molecule has 0 amide bonds. The average Bonchev–Trinajstić information content (AvgIpc) is 2.53. The second-order valence-corrected chi connectivity index (χ2v) is 4.54. The zero-order valence-corrected chi connectivity index (χ0v) is 7.97. The van der Waals surface area contributed by atoms with Crippen molar-refractivity contribution in [3.8, 4) is 0 Å². The minimum Gasteiger partial charge on any atom is -0.321 e. The Morgan fingerprint density at radius 1 is 1.23 bits per heavy atom. The van der Waals surface area contributed by atoms with Crippen molar-refractivity contribution in [3.05, 3.63) is 35.6 Å². The first-order chi connectivity index (χ1) is 5.96. The summed E-state index contributed by atoms with van der Waals surface area (Å²) in [5, 5.41) is 0. The van der Waals surface area contributed by atoms with Crippen LogP contribution in [0.2, 0.25) is 0 Å². The van der Waals surface area contributed by atoms with E-state index in [1.165, 1.54) is 12.1 Å². The molecule has 0 aliphatic heterocycles. The fourth-order valence-corrected chi connectivity index (χ4v) is 1.89. The van der Waals surface area contributed by atoms with Crippen molar-refractivity contribution in [3.63, 3.8) is 0 Å². The lowest BCUT2D eigenvalue weighted by molar-refractivity contribution is 0.509. The molecule has 0 heterocycles. The van der Waals surface area contributed by atoms with E-state index >= 15 is 0 Å². The summed E-state index contributed by atoms with van der Waals surface area (Å²) >= 11 is 0. The molecule has 70 valence electrons. The number of nitrogens with two attached hydrogens (primary N) is 1. The van der Waals surface area contributed by atoms with E-state index in [2.05, 4.69) is 13.8 Å². The van der Waals surface area contributed by atoms with Gasteiger partial charge in [0.2, 0.25) is 0 Å². The van der Waals surface area contributed by atoms with Crippen molar-refractivity contribution in [1.29, 1.82) is 0 Å². The Morgan fingerprint density at radius 3 is 2.08 bits per heavy atom. The summed E-state index contributed by atoms with van der Waals surface area (Å²) in [6.07, 6.45) is 0.978. The molecule has 1 saturated carbocycles. The van der Waals surface area contributed by atoms with Crippen LogP contribution < -0.4 is 5.73 Å². The smallest absolute Gasteiger partial charge is 0.123 e. The second-order valence-electron chi connectivity index (χ2n) is 4.54. The SMILES string of the molecule is CC1(C)CC1(N)c1ccc(F)cc1. The predicted octanol–water partition coefficient (Wildman–Crippen LogP) is 2.41. The average molecular weight is 179 g/mol. The molecule has 1 nitrogen and oxygen atoms in total. The van der Waals surface area contributed by atoms with Crippen LogP contribution in [0.25, 0.3) is 0 Å². The Balaban J connectivity index is 2.34. The first-order valence-corrected chi connectivity index (χ1v) is 4.51. The maximum atomic E-state index is 12.6. The molecule has 2 rings (SSSR count). The van der Waals surface area contributed by atoms with E-state index < -0.39 is 0 Å². The Hall–Kier alpha value is -0.890. The second kappa shape index (κ2) is 2.32. The molecule has 0 bridgehead atoms. The molecule has 1 aliphatic rings. The predicted molar refractivity (Wildman–Crippen MR) is 50.7 cm³/mol. The van der Waals surface area contributed by atoms with E-state index in [4.69, 9.17) is 5.73 Å². The summed E-state index contributed by atoms with van der Waals surface area (Å²) in [4.78, 5) is 0. The summed E-state index contributed by atoms with van der Waals surface area (Å²) in [7, 11) is 0. The van der Waals surface area contributed by atoms with Crippen LogP contribution in [0.4, 0.5) is 4.39 Å². The molecular weight excluding hydrogens is 165 g/mol. The van der Waals surface area contributed by atoms with Crippen molar-refractivity contribution in [2.24, 2.45) is 11.1 Å². The van der Waals surface area contributed by atoms with Gasteiger partial charge in [-0.25, -0.2) is 4.39 Å². The van der Waals surface area contributed by atoms with E-state index in [9.17, 15) is 4.39 Å².